The van der Waals surface area contributed by atoms with Crippen molar-refractivity contribution in [1.82, 2.24) is 24.8 Å². The van der Waals surface area contributed by atoms with Gasteiger partial charge in [-0.1, -0.05) is 48.5 Å². The van der Waals surface area contributed by atoms with Crippen LogP contribution in [0.15, 0.2) is 73.2 Å². The Morgan fingerprint density at radius 3 is 2.63 bits per heavy atom. The summed E-state index contributed by atoms with van der Waals surface area (Å²) in [5.41, 5.74) is 3.40. The Balaban J connectivity index is 1.23. The Morgan fingerprint density at radius 1 is 1.05 bits per heavy atom. The second-order valence-electron chi connectivity index (χ2n) is 10.1. The summed E-state index contributed by atoms with van der Waals surface area (Å²) in [7, 11) is 0. The monoisotopic (exact) mass is 515 g/mol. The molecule has 2 aromatic carbocycles. The topological polar surface area (TPSA) is 79.6 Å². The van der Waals surface area contributed by atoms with Gasteiger partial charge in [0.1, 0.15) is 24.4 Å². The zero-order chi connectivity index (χ0) is 26.2. The van der Waals surface area contributed by atoms with Crippen molar-refractivity contribution >= 4 is 17.5 Å². The lowest BCUT2D eigenvalue weighted by atomic mass is 9.96. The van der Waals surface area contributed by atoms with Gasteiger partial charge in [-0.3, -0.25) is 9.59 Å². The molecule has 194 valence electrons. The minimum atomic E-state index is -1.31. The molecule has 9 heteroatoms. The summed E-state index contributed by atoms with van der Waals surface area (Å²) in [6.07, 6.45) is 3.69. The van der Waals surface area contributed by atoms with Gasteiger partial charge in [0.05, 0.1) is 19.0 Å². The lowest BCUT2D eigenvalue weighted by molar-refractivity contribution is -0.138. The van der Waals surface area contributed by atoms with Crippen LogP contribution in [-0.4, -0.2) is 50.1 Å². The number of halogens is 2. The van der Waals surface area contributed by atoms with Crippen LogP contribution < -0.4 is 5.32 Å². The number of likely N-dealkylation sites (tertiary alicyclic amines) is 1. The standard InChI is InChI=1S/C29H27F2N5O2/c30-22-14-25(35(16-22)27(37)12-18-6-11-26-32-17-33-36(26)15-18)29(38)34-28(20-4-2-1-3-5-20)21-9-10-23(19-7-8-19)24(31)13-21/h1-6,9-11,13,15,17,19,22,25,28H,7-8,12,14,16H2,(H,34,38). The first kappa shape index (κ1) is 24.2. The van der Waals surface area contributed by atoms with E-state index in [2.05, 4.69) is 15.4 Å². The Hall–Kier alpha value is -4.14. The van der Waals surface area contributed by atoms with Crippen LogP contribution >= 0.6 is 0 Å². The molecule has 0 bridgehead atoms. The Morgan fingerprint density at radius 2 is 1.87 bits per heavy atom. The van der Waals surface area contributed by atoms with Gasteiger partial charge in [0.2, 0.25) is 11.8 Å². The van der Waals surface area contributed by atoms with Crippen LogP contribution in [0.4, 0.5) is 8.78 Å². The average Bonchev–Trinajstić information content (AvgIpc) is 3.51. The molecule has 0 radical (unpaired) electrons. The molecular formula is C29H27F2N5O2. The predicted octanol–water partition coefficient (Wildman–Crippen LogP) is 4.13. The predicted molar refractivity (Wildman–Crippen MR) is 137 cm³/mol. The fourth-order valence-electron chi connectivity index (χ4n) is 5.24. The van der Waals surface area contributed by atoms with E-state index in [0.717, 1.165) is 18.4 Å². The molecular weight excluding hydrogens is 488 g/mol. The van der Waals surface area contributed by atoms with E-state index in [1.165, 1.54) is 17.3 Å². The van der Waals surface area contributed by atoms with Gasteiger partial charge in [-0.15, -0.1) is 0 Å². The van der Waals surface area contributed by atoms with Gasteiger partial charge in [-0.25, -0.2) is 18.3 Å². The van der Waals surface area contributed by atoms with E-state index in [-0.39, 0.29) is 37.0 Å². The number of hydrogen-bond donors (Lipinski definition) is 1. The second kappa shape index (κ2) is 9.96. The van der Waals surface area contributed by atoms with Crippen LogP contribution in [0.25, 0.3) is 5.65 Å². The van der Waals surface area contributed by atoms with Crippen molar-refractivity contribution in [3.8, 4) is 0 Å². The summed E-state index contributed by atoms with van der Waals surface area (Å²) in [5, 5.41) is 7.07. The summed E-state index contributed by atoms with van der Waals surface area (Å²) in [6, 6.07) is 16.3. The number of nitrogens with one attached hydrogen (secondary N) is 1. The average molecular weight is 516 g/mol. The number of pyridine rings is 1. The minimum absolute atomic E-state index is 0.00224. The fraction of sp³-hybridized carbons (Fsp3) is 0.310. The molecule has 3 unspecified atom stereocenters. The van der Waals surface area contributed by atoms with E-state index in [4.69, 9.17) is 0 Å². The molecule has 1 aliphatic heterocycles. The largest absolute Gasteiger partial charge is 0.343 e. The fourth-order valence-corrected chi connectivity index (χ4v) is 5.24. The normalized spacial score (nSPS) is 20.0. The first-order valence-electron chi connectivity index (χ1n) is 12.8. The Labute approximate surface area is 218 Å². The highest BCUT2D eigenvalue weighted by atomic mass is 19.1. The minimum Gasteiger partial charge on any atom is -0.343 e. The maximum atomic E-state index is 14.9. The van der Waals surface area contributed by atoms with Gasteiger partial charge >= 0.3 is 0 Å². The van der Waals surface area contributed by atoms with Crippen LogP contribution in [-0.2, 0) is 16.0 Å². The molecule has 38 heavy (non-hydrogen) atoms. The zero-order valence-electron chi connectivity index (χ0n) is 20.6. The molecule has 1 saturated heterocycles. The molecule has 7 nitrogen and oxygen atoms in total. The number of nitrogens with zero attached hydrogens (tertiary/aromatic N) is 4. The van der Waals surface area contributed by atoms with E-state index in [9.17, 15) is 18.4 Å². The lowest BCUT2D eigenvalue weighted by Gasteiger charge is -2.27. The third-order valence-electron chi connectivity index (χ3n) is 7.36. The van der Waals surface area contributed by atoms with Crippen molar-refractivity contribution in [2.45, 2.75) is 49.9 Å². The third kappa shape index (κ3) is 4.88. The van der Waals surface area contributed by atoms with Gasteiger partial charge in [-0.2, -0.15) is 5.10 Å². The van der Waals surface area contributed by atoms with Crippen molar-refractivity contribution in [3.63, 3.8) is 0 Å². The second-order valence-corrected chi connectivity index (χ2v) is 10.1. The van der Waals surface area contributed by atoms with Crippen LogP contribution in [0.5, 0.6) is 0 Å². The SMILES string of the molecule is O=C(NC(c1ccccc1)c1ccc(C2CC2)c(F)c1)C1CC(F)CN1C(=O)Cc1ccc2ncnn2c1. The van der Waals surface area contributed by atoms with Gasteiger partial charge in [-0.05, 0) is 53.1 Å². The summed E-state index contributed by atoms with van der Waals surface area (Å²) < 4.78 is 31.1. The van der Waals surface area contributed by atoms with Crippen LogP contribution in [0.2, 0.25) is 0 Å². The number of carbonyl (C=O) groups is 2. The molecule has 2 aromatic heterocycles. The van der Waals surface area contributed by atoms with E-state index < -0.39 is 24.2 Å². The number of carbonyl (C=O) groups excluding carboxylic acids is 2. The molecule has 1 saturated carbocycles. The molecule has 2 aliphatic rings. The van der Waals surface area contributed by atoms with Crippen LogP contribution in [0.3, 0.4) is 0 Å². The van der Waals surface area contributed by atoms with Crippen molar-refractivity contribution in [2.24, 2.45) is 0 Å². The molecule has 4 aromatic rings. The van der Waals surface area contributed by atoms with Crippen molar-refractivity contribution in [1.29, 1.82) is 0 Å². The van der Waals surface area contributed by atoms with E-state index in [1.54, 1.807) is 28.9 Å². The molecule has 1 N–H and O–H groups in total. The first-order chi connectivity index (χ1) is 18.5. The molecule has 2 amide bonds. The van der Waals surface area contributed by atoms with Crippen LogP contribution in [0, 0.1) is 5.82 Å². The molecule has 0 spiro atoms. The maximum absolute atomic E-state index is 14.9. The summed E-state index contributed by atoms with van der Waals surface area (Å²) in [4.78, 5) is 32.2. The first-order valence-corrected chi connectivity index (χ1v) is 12.8. The molecule has 1 aliphatic carbocycles. The highest BCUT2D eigenvalue weighted by Gasteiger charge is 2.40. The van der Waals surface area contributed by atoms with E-state index in [0.29, 0.717) is 22.3 Å². The maximum Gasteiger partial charge on any atom is 0.243 e. The molecule has 6 rings (SSSR count). The quantitative estimate of drug-likeness (QED) is 0.401. The summed E-state index contributed by atoms with van der Waals surface area (Å²) in [6.45, 7) is -0.150. The van der Waals surface area contributed by atoms with Crippen LogP contribution in [0.1, 0.15) is 53.5 Å². The highest BCUT2D eigenvalue weighted by Crippen LogP contribution is 2.42. The number of alkyl halides is 1. The summed E-state index contributed by atoms with van der Waals surface area (Å²) >= 11 is 0. The number of amides is 2. The van der Waals surface area contributed by atoms with E-state index >= 15 is 0 Å². The zero-order valence-corrected chi connectivity index (χ0v) is 20.6. The number of rotatable bonds is 7. The smallest absolute Gasteiger partial charge is 0.243 e. The number of fused-ring (bicyclic) bond motifs is 1. The Bertz CT molecular complexity index is 1490. The molecule has 3 heterocycles. The lowest BCUT2D eigenvalue weighted by Crippen LogP contribution is -2.47. The third-order valence-corrected chi connectivity index (χ3v) is 7.36. The van der Waals surface area contributed by atoms with Gasteiger partial charge in [0.25, 0.3) is 0 Å². The van der Waals surface area contributed by atoms with E-state index in [1.807, 2.05) is 36.4 Å². The van der Waals surface area contributed by atoms with Crippen molar-refractivity contribution in [2.75, 3.05) is 6.54 Å². The van der Waals surface area contributed by atoms with Crippen molar-refractivity contribution in [3.05, 3.63) is 101 Å². The number of aromatic nitrogens is 3. The summed E-state index contributed by atoms with van der Waals surface area (Å²) in [5.74, 6) is -0.837. The van der Waals surface area contributed by atoms with Crippen molar-refractivity contribution < 1.29 is 18.4 Å². The van der Waals surface area contributed by atoms with Gasteiger partial charge in [0, 0.05) is 12.6 Å². The number of benzene rings is 2. The van der Waals surface area contributed by atoms with Gasteiger partial charge < -0.3 is 10.2 Å². The highest BCUT2D eigenvalue weighted by molar-refractivity contribution is 5.89. The van der Waals surface area contributed by atoms with Gasteiger partial charge in [0.15, 0.2) is 5.65 Å². The Kier molecular flexibility index (Phi) is 6.35. The molecule has 2 fully saturated rings. The molecule has 3 atom stereocenters. The number of hydrogen-bond acceptors (Lipinski definition) is 4.